The standard InChI is InChI=1S/C15H22FN3O/c16-14-7-11(8-17)5-6-12(14)9-19(10-15(18)20)13-3-1-2-4-13/h5-7,13H,1-4,8-10,17H2,(H2,18,20). The van der Waals surface area contributed by atoms with Gasteiger partial charge in [0, 0.05) is 24.7 Å². The summed E-state index contributed by atoms with van der Waals surface area (Å²) in [5, 5.41) is 0. The van der Waals surface area contributed by atoms with Gasteiger partial charge in [0.1, 0.15) is 5.82 Å². The predicted octanol–water partition coefficient (Wildman–Crippen LogP) is 1.51. The lowest BCUT2D eigenvalue weighted by molar-refractivity contribution is -0.119. The first kappa shape index (κ1) is 14.9. The Bertz CT molecular complexity index is 472. The van der Waals surface area contributed by atoms with Gasteiger partial charge in [-0.3, -0.25) is 9.69 Å². The lowest BCUT2D eigenvalue weighted by Crippen LogP contribution is -2.39. The second-order valence-corrected chi connectivity index (χ2v) is 5.44. The molecule has 0 heterocycles. The maximum atomic E-state index is 14.0. The third kappa shape index (κ3) is 3.77. The summed E-state index contributed by atoms with van der Waals surface area (Å²) in [6, 6.07) is 5.37. The molecule has 110 valence electrons. The third-order valence-electron chi connectivity index (χ3n) is 3.93. The van der Waals surface area contributed by atoms with Gasteiger partial charge in [0.2, 0.25) is 5.91 Å². The first-order chi connectivity index (χ1) is 9.60. The van der Waals surface area contributed by atoms with Crippen molar-refractivity contribution in [2.24, 2.45) is 11.5 Å². The van der Waals surface area contributed by atoms with Crippen molar-refractivity contribution in [1.82, 2.24) is 4.90 Å². The second-order valence-electron chi connectivity index (χ2n) is 5.44. The monoisotopic (exact) mass is 279 g/mol. The molecule has 5 heteroatoms. The summed E-state index contributed by atoms with van der Waals surface area (Å²) >= 11 is 0. The fourth-order valence-corrected chi connectivity index (χ4v) is 2.85. The van der Waals surface area contributed by atoms with Crippen LogP contribution < -0.4 is 11.5 Å². The van der Waals surface area contributed by atoms with Gasteiger partial charge in [-0.25, -0.2) is 4.39 Å². The Labute approximate surface area is 118 Å². The van der Waals surface area contributed by atoms with Crippen molar-refractivity contribution in [3.05, 3.63) is 35.1 Å². The average Bonchev–Trinajstić information content (AvgIpc) is 2.93. The molecule has 1 saturated carbocycles. The molecule has 1 aromatic rings. The van der Waals surface area contributed by atoms with E-state index in [1.54, 1.807) is 6.07 Å². The highest BCUT2D eigenvalue weighted by atomic mass is 19.1. The van der Waals surface area contributed by atoms with Crippen molar-refractivity contribution in [1.29, 1.82) is 0 Å². The molecule has 0 aliphatic heterocycles. The number of hydrogen-bond donors (Lipinski definition) is 2. The van der Waals surface area contributed by atoms with Gasteiger partial charge in [0.25, 0.3) is 0 Å². The summed E-state index contributed by atoms with van der Waals surface area (Å²) in [7, 11) is 0. The summed E-state index contributed by atoms with van der Waals surface area (Å²) in [4.78, 5) is 13.2. The Hall–Kier alpha value is -1.46. The number of primary amides is 1. The lowest BCUT2D eigenvalue weighted by Gasteiger charge is -2.27. The zero-order valence-corrected chi connectivity index (χ0v) is 11.6. The largest absolute Gasteiger partial charge is 0.369 e. The van der Waals surface area contributed by atoms with E-state index in [4.69, 9.17) is 11.5 Å². The molecule has 0 radical (unpaired) electrons. The molecule has 1 fully saturated rings. The van der Waals surface area contributed by atoms with Crippen LogP contribution in [0.2, 0.25) is 0 Å². The minimum absolute atomic E-state index is 0.183. The minimum atomic E-state index is -0.365. The Morgan fingerprint density at radius 3 is 2.60 bits per heavy atom. The molecule has 0 aromatic heterocycles. The average molecular weight is 279 g/mol. The summed E-state index contributed by atoms with van der Waals surface area (Å²) in [6.45, 7) is 0.928. The fraction of sp³-hybridized carbons (Fsp3) is 0.533. The van der Waals surface area contributed by atoms with Gasteiger partial charge in [-0.1, -0.05) is 25.0 Å². The Kier molecular flexibility index (Phi) is 5.09. The lowest BCUT2D eigenvalue weighted by atomic mass is 10.1. The molecule has 1 amide bonds. The van der Waals surface area contributed by atoms with Crippen LogP contribution in [0.5, 0.6) is 0 Å². The third-order valence-corrected chi connectivity index (χ3v) is 3.93. The molecule has 4 N–H and O–H groups in total. The van der Waals surface area contributed by atoms with Gasteiger partial charge in [-0.2, -0.15) is 0 Å². The number of amides is 1. The van der Waals surface area contributed by atoms with Crippen LogP contribution in [0.25, 0.3) is 0 Å². The van der Waals surface area contributed by atoms with E-state index in [-0.39, 0.29) is 18.3 Å². The van der Waals surface area contributed by atoms with Crippen molar-refractivity contribution in [2.45, 2.75) is 44.8 Å². The molecule has 1 aromatic carbocycles. The molecule has 2 rings (SSSR count). The van der Waals surface area contributed by atoms with Crippen LogP contribution in [-0.2, 0) is 17.9 Å². The van der Waals surface area contributed by atoms with Crippen molar-refractivity contribution in [2.75, 3.05) is 6.54 Å². The van der Waals surface area contributed by atoms with Crippen LogP contribution in [0.4, 0.5) is 4.39 Å². The molecular weight excluding hydrogens is 257 g/mol. The van der Waals surface area contributed by atoms with Crippen molar-refractivity contribution >= 4 is 5.91 Å². The Balaban J connectivity index is 2.11. The SMILES string of the molecule is NCc1ccc(CN(CC(N)=O)C2CCCC2)c(F)c1. The van der Waals surface area contributed by atoms with Crippen LogP contribution in [0.3, 0.4) is 0 Å². The first-order valence-electron chi connectivity index (χ1n) is 7.10. The van der Waals surface area contributed by atoms with Crippen LogP contribution in [0.1, 0.15) is 36.8 Å². The molecule has 4 nitrogen and oxygen atoms in total. The van der Waals surface area contributed by atoms with Gasteiger partial charge in [0.15, 0.2) is 0 Å². The van der Waals surface area contributed by atoms with E-state index >= 15 is 0 Å². The van der Waals surface area contributed by atoms with E-state index in [2.05, 4.69) is 0 Å². The number of carbonyl (C=O) groups excluding carboxylic acids is 1. The van der Waals surface area contributed by atoms with E-state index in [1.165, 1.54) is 6.07 Å². The molecule has 0 atom stereocenters. The number of rotatable bonds is 6. The Morgan fingerprint density at radius 2 is 2.05 bits per heavy atom. The van der Waals surface area contributed by atoms with E-state index in [0.29, 0.717) is 24.7 Å². The van der Waals surface area contributed by atoms with Gasteiger partial charge >= 0.3 is 0 Å². The van der Waals surface area contributed by atoms with Crippen LogP contribution >= 0.6 is 0 Å². The predicted molar refractivity (Wildman–Crippen MR) is 76.2 cm³/mol. The van der Waals surface area contributed by atoms with Gasteiger partial charge in [-0.15, -0.1) is 0 Å². The maximum absolute atomic E-state index is 14.0. The molecule has 1 aliphatic rings. The van der Waals surface area contributed by atoms with E-state index < -0.39 is 0 Å². The number of hydrogen-bond acceptors (Lipinski definition) is 3. The van der Waals surface area contributed by atoms with Crippen molar-refractivity contribution < 1.29 is 9.18 Å². The number of benzene rings is 1. The van der Waals surface area contributed by atoms with Gasteiger partial charge < -0.3 is 11.5 Å². The van der Waals surface area contributed by atoms with Gasteiger partial charge in [-0.05, 0) is 24.5 Å². The maximum Gasteiger partial charge on any atom is 0.231 e. The van der Waals surface area contributed by atoms with Crippen LogP contribution in [0, 0.1) is 5.82 Å². The number of nitrogens with two attached hydrogens (primary N) is 2. The molecule has 0 saturated heterocycles. The molecule has 0 bridgehead atoms. The van der Waals surface area contributed by atoms with Gasteiger partial charge in [0.05, 0.1) is 6.54 Å². The molecule has 1 aliphatic carbocycles. The van der Waals surface area contributed by atoms with Crippen LogP contribution in [-0.4, -0.2) is 23.4 Å². The molecular formula is C15H22FN3O. The molecule has 0 unspecified atom stereocenters. The summed E-state index contributed by atoms with van der Waals surface area (Å²) in [5.41, 5.74) is 12.2. The van der Waals surface area contributed by atoms with E-state index in [0.717, 1.165) is 31.2 Å². The smallest absolute Gasteiger partial charge is 0.231 e. The zero-order chi connectivity index (χ0) is 14.5. The number of carbonyl (C=O) groups is 1. The molecule has 20 heavy (non-hydrogen) atoms. The quantitative estimate of drug-likeness (QED) is 0.829. The molecule has 0 spiro atoms. The highest BCUT2D eigenvalue weighted by Crippen LogP contribution is 2.25. The first-order valence-corrected chi connectivity index (χ1v) is 7.10. The zero-order valence-electron chi connectivity index (χ0n) is 11.6. The fourth-order valence-electron chi connectivity index (χ4n) is 2.85. The highest BCUT2D eigenvalue weighted by molar-refractivity contribution is 5.76. The van der Waals surface area contributed by atoms with Crippen molar-refractivity contribution in [3.63, 3.8) is 0 Å². The summed E-state index contributed by atoms with van der Waals surface area (Å²) < 4.78 is 14.0. The van der Waals surface area contributed by atoms with Crippen molar-refractivity contribution in [3.8, 4) is 0 Å². The minimum Gasteiger partial charge on any atom is -0.369 e. The Morgan fingerprint density at radius 1 is 1.35 bits per heavy atom. The number of nitrogens with zero attached hydrogens (tertiary/aromatic N) is 1. The number of halogens is 1. The second kappa shape index (κ2) is 6.81. The highest BCUT2D eigenvalue weighted by Gasteiger charge is 2.24. The topological polar surface area (TPSA) is 72.3 Å². The summed E-state index contributed by atoms with van der Waals surface area (Å²) in [5.74, 6) is -0.628. The van der Waals surface area contributed by atoms with E-state index in [9.17, 15) is 9.18 Å². The van der Waals surface area contributed by atoms with Crippen LogP contribution in [0.15, 0.2) is 18.2 Å². The summed E-state index contributed by atoms with van der Waals surface area (Å²) in [6.07, 6.45) is 4.43. The van der Waals surface area contributed by atoms with E-state index in [1.807, 2.05) is 11.0 Å². The normalized spacial score (nSPS) is 15.9.